The van der Waals surface area contributed by atoms with E-state index in [2.05, 4.69) is 30.9 Å². The Morgan fingerprint density at radius 2 is 2.15 bits per heavy atom. The standard InChI is InChI=1S/C23H30N8O3/c1-24-21-12-19(29-22-17(13-25-31(21)22)23(32)26-15-6-7-15)27-18-4-3-5-20(28-18)30-9-11-34-16(14-30)8-10-33-2/h3-5,12-13,15-16,24H,6-11,14H2,1-2H3,(H,26,32)(H,27,28,29)/t16-/m0/s1. The van der Waals surface area contributed by atoms with Crippen LogP contribution in [-0.2, 0) is 9.47 Å². The molecule has 0 spiro atoms. The van der Waals surface area contributed by atoms with E-state index in [1.165, 1.54) is 0 Å². The van der Waals surface area contributed by atoms with Gasteiger partial charge in [0, 0.05) is 46.0 Å². The summed E-state index contributed by atoms with van der Waals surface area (Å²) in [5.74, 6) is 2.67. The number of hydrogen-bond acceptors (Lipinski definition) is 9. The van der Waals surface area contributed by atoms with Crippen LogP contribution >= 0.6 is 0 Å². The molecule has 3 aromatic heterocycles. The number of amides is 1. The molecule has 3 aromatic rings. The lowest BCUT2D eigenvalue weighted by molar-refractivity contribution is 0.0189. The van der Waals surface area contributed by atoms with Crippen molar-refractivity contribution in [2.75, 3.05) is 56.0 Å². The first-order valence-electron chi connectivity index (χ1n) is 11.6. The van der Waals surface area contributed by atoms with E-state index in [-0.39, 0.29) is 18.1 Å². The zero-order valence-electron chi connectivity index (χ0n) is 19.5. The fourth-order valence-electron chi connectivity index (χ4n) is 4.01. The van der Waals surface area contributed by atoms with Crippen LogP contribution in [0, 0.1) is 0 Å². The van der Waals surface area contributed by atoms with Gasteiger partial charge in [0.25, 0.3) is 5.91 Å². The maximum Gasteiger partial charge on any atom is 0.256 e. The highest BCUT2D eigenvalue weighted by molar-refractivity contribution is 6.00. The molecule has 1 saturated carbocycles. The molecule has 180 valence electrons. The maximum atomic E-state index is 12.7. The zero-order valence-corrected chi connectivity index (χ0v) is 19.5. The molecule has 34 heavy (non-hydrogen) atoms. The number of methoxy groups -OCH3 is 1. The molecule has 1 aliphatic carbocycles. The zero-order chi connectivity index (χ0) is 23.5. The summed E-state index contributed by atoms with van der Waals surface area (Å²) < 4.78 is 12.7. The fourth-order valence-corrected chi connectivity index (χ4v) is 4.01. The molecule has 2 aliphatic rings. The van der Waals surface area contributed by atoms with Crippen LogP contribution in [0.3, 0.4) is 0 Å². The van der Waals surface area contributed by atoms with E-state index in [4.69, 9.17) is 14.5 Å². The molecule has 1 amide bonds. The monoisotopic (exact) mass is 466 g/mol. The molecule has 4 heterocycles. The number of nitrogens with zero attached hydrogens (tertiary/aromatic N) is 5. The number of ether oxygens (including phenoxy) is 2. The quantitative estimate of drug-likeness (QED) is 0.435. The van der Waals surface area contributed by atoms with Crippen molar-refractivity contribution in [2.24, 2.45) is 0 Å². The third-order valence-electron chi connectivity index (χ3n) is 5.98. The summed E-state index contributed by atoms with van der Waals surface area (Å²) in [6, 6.07) is 7.96. The number of carbonyl (C=O) groups excluding carboxylic acids is 1. The summed E-state index contributed by atoms with van der Waals surface area (Å²) in [5.41, 5.74) is 0.932. The van der Waals surface area contributed by atoms with Crippen LogP contribution in [0.15, 0.2) is 30.5 Å². The maximum absolute atomic E-state index is 12.7. The normalized spacial score (nSPS) is 18.2. The van der Waals surface area contributed by atoms with Gasteiger partial charge >= 0.3 is 0 Å². The Morgan fingerprint density at radius 1 is 1.26 bits per heavy atom. The lowest BCUT2D eigenvalue weighted by atomic mass is 10.2. The minimum Gasteiger partial charge on any atom is -0.385 e. The first-order valence-corrected chi connectivity index (χ1v) is 11.6. The van der Waals surface area contributed by atoms with E-state index in [1.807, 2.05) is 31.3 Å². The SMILES string of the molecule is CNc1cc(Nc2cccc(N3CCO[C@@H](CCOC)C3)n2)nc2c(C(=O)NC3CC3)cnn12. The van der Waals surface area contributed by atoms with Crippen molar-refractivity contribution in [1.29, 1.82) is 0 Å². The predicted molar refractivity (Wildman–Crippen MR) is 129 cm³/mol. The molecule has 5 rings (SSSR count). The molecule has 1 atom stereocenters. The molecule has 0 radical (unpaired) electrons. The van der Waals surface area contributed by atoms with Gasteiger partial charge < -0.3 is 30.3 Å². The molecular weight excluding hydrogens is 436 g/mol. The van der Waals surface area contributed by atoms with Crippen LogP contribution in [0.1, 0.15) is 29.6 Å². The highest BCUT2D eigenvalue weighted by Crippen LogP contribution is 2.25. The fraction of sp³-hybridized carbons (Fsp3) is 0.478. The van der Waals surface area contributed by atoms with Crippen LogP contribution in [0.4, 0.5) is 23.3 Å². The molecule has 0 aromatic carbocycles. The lowest BCUT2D eigenvalue weighted by Gasteiger charge is -2.33. The van der Waals surface area contributed by atoms with Crippen molar-refractivity contribution in [3.05, 3.63) is 36.0 Å². The van der Waals surface area contributed by atoms with Crippen LogP contribution in [0.2, 0.25) is 0 Å². The Labute approximate surface area is 197 Å². The summed E-state index contributed by atoms with van der Waals surface area (Å²) in [7, 11) is 3.51. The van der Waals surface area contributed by atoms with E-state index < -0.39 is 0 Å². The van der Waals surface area contributed by atoms with Gasteiger partial charge in [0.05, 0.1) is 18.9 Å². The van der Waals surface area contributed by atoms with Crippen LogP contribution in [-0.4, -0.2) is 78.1 Å². The largest absolute Gasteiger partial charge is 0.385 e. The highest BCUT2D eigenvalue weighted by atomic mass is 16.5. The van der Waals surface area contributed by atoms with Gasteiger partial charge in [0.1, 0.15) is 28.8 Å². The number of morpholine rings is 1. The van der Waals surface area contributed by atoms with E-state index in [1.54, 1.807) is 17.8 Å². The van der Waals surface area contributed by atoms with Gasteiger partial charge in [-0.2, -0.15) is 9.61 Å². The van der Waals surface area contributed by atoms with Crippen LogP contribution in [0.25, 0.3) is 5.65 Å². The minimum absolute atomic E-state index is 0.122. The van der Waals surface area contributed by atoms with E-state index in [0.717, 1.165) is 38.2 Å². The summed E-state index contributed by atoms with van der Waals surface area (Å²) in [6.45, 7) is 2.88. The molecule has 0 unspecified atom stereocenters. The van der Waals surface area contributed by atoms with Crippen molar-refractivity contribution in [3.8, 4) is 0 Å². The number of rotatable bonds is 9. The Kier molecular flexibility index (Phi) is 6.45. The van der Waals surface area contributed by atoms with Crippen molar-refractivity contribution >= 4 is 34.8 Å². The van der Waals surface area contributed by atoms with E-state index in [9.17, 15) is 4.79 Å². The second-order valence-corrected chi connectivity index (χ2v) is 8.54. The van der Waals surface area contributed by atoms with E-state index >= 15 is 0 Å². The van der Waals surface area contributed by atoms with Crippen molar-refractivity contribution in [1.82, 2.24) is 24.9 Å². The first kappa shape index (κ1) is 22.4. The third-order valence-corrected chi connectivity index (χ3v) is 5.98. The summed E-state index contributed by atoms with van der Waals surface area (Å²) >= 11 is 0. The molecule has 2 fully saturated rings. The minimum atomic E-state index is -0.153. The third kappa shape index (κ3) is 4.90. The van der Waals surface area contributed by atoms with Gasteiger partial charge in [-0.15, -0.1) is 0 Å². The van der Waals surface area contributed by atoms with Gasteiger partial charge in [-0.3, -0.25) is 4.79 Å². The predicted octanol–water partition coefficient (Wildman–Crippen LogP) is 2.04. The molecule has 11 nitrogen and oxygen atoms in total. The first-order chi connectivity index (χ1) is 16.6. The molecule has 1 aliphatic heterocycles. The van der Waals surface area contributed by atoms with Gasteiger partial charge in [-0.25, -0.2) is 9.97 Å². The summed E-state index contributed by atoms with van der Waals surface area (Å²) in [5, 5.41) is 13.8. The Morgan fingerprint density at radius 3 is 2.94 bits per heavy atom. The van der Waals surface area contributed by atoms with Gasteiger partial charge in [0.15, 0.2) is 5.65 Å². The second kappa shape index (κ2) is 9.82. The second-order valence-electron chi connectivity index (χ2n) is 8.54. The molecule has 11 heteroatoms. The Hall–Kier alpha value is -3.44. The highest BCUT2D eigenvalue weighted by Gasteiger charge is 2.26. The number of carbonyl (C=O) groups is 1. The number of hydrogen-bond donors (Lipinski definition) is 3. The molecular formula is C23H30N8O3. The van der Waals surface area contributed by atoms with Gasteiger partial charge in [0.2, 0.25) is 0 Å². The van der Waals surface area contributed by atoms with E-state index in [0.29, 0.717) is 41.9 Å². The van der Waals surface area contributed by atoms with Crippen LogP contribution < -0.4 is 20.9 Å². The molecule has 3 N–H and O–H groups in total. The molecule has 0 bridgehead atoms. The Balaban J connectivity index is 1.37. The van der Waals surface area contributed by atoms with Crippen molar-refractivity contribution in [3.63, 3.8) is 0 Å². The number of anilines is 4. The molecule has 1 saturated heterocycles. The smallest absolute Gasteiger partial charge is 0.256 e. The number of fused-ring (bicyclic) bond motifs is 1. The van der Waals surface area contributed by atoms with Gasteiger partial charge in [-0.05, 0) is 31.4 Å². The number of nitrogens with one attached hydrogen (secondary N) is 3. The summed E-state index contributed by atoms with van der Waals surface area (Å²) in [4.78, 5) is 24.4. The van der Waals surface area contributed by atoms with Gasteiger partial charge in [-0.1, -0.05) is 6.07 Å². The van der Waals surface area contributed by atoms with Crippen molar-refractivity contribution in [2.45, 2.75) is 31.4 Å². The Bertz CT molecular complexity index is 1160. The number of pyridine rings is 1. The number of aromatic nitrogens is 4. The average Bonchev–Trinajstić information content (AvgIpc) is 3.57. The average molecular weight is 467 g/mol. The van der Waals surface area contributed by atoms with Crippen LogP contribution in [0.5, 0.6) is 0 Å². The topological polar surface area (TPSA) is 118 Å². The lowest BCUT2D eigenvalue weighted by Crippen LogP contribution is -2.43. The van der Waals surface area contributed by atoms with Crippen molar-refractivity contribution < 1.29 is 14.3 Å². The summed E-state index contributed by atoms with van der Waals surface area (Å²) in [6.07, 6.45) is 4.57.